The van der Waals surface area contributed by atoms with Gasteiger partial charge in [-0.1, -0.05) is 30.3 Å². The average molecular weight is 315 g/mol. The van der Waals surface area contributed by atoms with Gasteiger partial charge in [-0.2, -0.15) is 0 Å². The van der Waals surface area contributed by atoms with E-state index >= 15 is 0 Å². The number of hydrogen-bond acceptors (Lipinski definition) is 4. The van der Waals surface area contributed by atoms with Crippen molar-refractivity contribution < 1.29 is 14.3 Å². The second kappa shape index (κ2) is 7.39. The molecule has 1 amide bonds. The molecule has 122 valence electrons. The lowest BCUT2D eigenvalue weighted by molar-refractivity contribution is -0.0605. The summed E-state index contributed by atoms with van der Waals surface area (Å²) in [5.41, 5.74) is 1.97. The first-order chi connectivity index (χ1) is 11.2. The van der Waals surface area contributed by atoms with Gasteiger partial charge >= 0.3 is 0 Å². The van der Waals surface area contributed by atoms with Crippen LogP contribution in [0.25, 0.3) is 0 Å². The highest BCUT2D eigenvalue weighted by atomic mass is 16.5. The van der Waals surface area contributed by atoms with Gasteiger partial charge in [-0.15, -0.1) is 0 Å². The zero-order valence-electron chi connectivity index (χ0n) is 13.1. The van der Waals surface area contributed by atoms with Crippen molar-refractivity contribution in [3.8, 4) is 0 Å². The van der Waals surface area contributed by atoms with Gasteiger partial charge in [0.2, 0.25) is 0 Å². The Morgan fingerprint density at radius 1 is 1.43 bits per heavy atom. The number of aromatic nitrogens is 2. The lowest BCUT2D eigenvalue weighted by Gasteiger charge is -2.31. The molecule has 0 spiro atoms. The zero-order valence-corrected chi connectivity index (χ0v) is 13.1. The summed E-state index contributed by atoms with van der Waals surface area (Å²) < 4.78 is 11.5. The summed E-state index contributed by atoms with van der Waals surface area (Å²) in [6.45, 7) is 3.48. The molecule has 0 unspecified atom stereocenters. The zero-order chi connectivity index (χ0) is 16.1. The van der Waals surface area contributed by atoms with Crippen LogP contribution in [-0.4, -0.2) is 41.2 Å². The number of amides is 1. The average Bonchev–Trinajstić information content (AvgIpc) is 3.02. The first kappa shape index (κ1) is 15.7. The van der Waals surface area contributed by atoms with Crippen molar-refractivity contribution in [3.63, 3.8) is 0 Å². The van der Waals surface area contributed by atoms with Crippen molar-refractivity contribution in [3.05, 3.63) is 53.6 Å². The maximum absolute atomic E-state index is 12.2. The Balaban J connectivity index is 1.58. The van der Waals surface area contributed by atoms with Gasteiger partial charge in [-0.3, -0.25) is 4.79 Å². The number of aryl methyl sites for hydroxylation is 1. The van der Waals surface area contributed by atoms with Crippen LogP contribution in [0.5, 0.6) is 0 Å². The highest BCUT2D eigenvalue weighted by Gasteiger charge is 2.28. The van der Waals surface area contributed by atoms with Gasteiger partial charge in [0, 0.05) is 18.5 Å². The Morgan fingerprint density at radius 2 is 2.26 bits per heavy atom. The van der Waals surface area contributed by atoms with E-state index < -0.39 is 0 Å². The highest BCUT2D eigenvalue weighted by Crippen LogP contribution is 2.15. The molecule has 2 heterocycles. The molecule has 23 heavy (non-hydrogen) atoms. The number of aromatic amines is 1. The van der Waals surface area contributed by atoms with Crippen LogP contribution >= 0.6 is 0 Å². The second-order valence-corrected chi connectivity index (χ2v) is 5.69. The summed E-state index contributed by atoms with van der Waals surface area (Å²) in [5.74, 6) is 0.0804. The molecule has 1 fully saturated rings. The van der Waals surface area contributed by atoms with Crippen LogP contribution in [0.4, 0.5) is 0 Å². The number of benzene rings is 1. The number of carbonyl (C=O) groups is 1. The number of carbonyl (C=O) groups excluding carboxylic acids is 1. The van der Waals surface area contributed by atoms with Gasteiger partial charge in [0.25, 0.3) is 5.91 Å². The van der Waals surface area contributed by atoms with Crippen LogP contribution in [0.1, 0.15) is 28.3 Å². The Kier molecular flexibility index (Phi) is 5.05. The van der Waals surface area contributed by atoms with E-state index in [4.69, 9.17) is 9.47 Å². The Bertz CT molecular complexity index is 642. The van der Waals surface area contributed by atoms with Gasteiger partial charge < -0.3 is 19.8 Å². The van der Waals surface area contributed by atoms with Gasteiger partial charge in [-0.05, 0) is 18.9 Å². The third-order valence-corrected chi connectivity index (χ3v) is 3.83. The monoisotopic (exact) mass is 315 g/mol. The second-order valence-electron chi connectivity index (χ2n) is 5.69. The number of rotatable bonds is 5. The third-order valence-electron chi connectivity index (χ3n) is 3.83. The van der Waals surface area contributed by atoms with Crippen molar-refractivity contribution in [2.75, 3.05) is 13.2 Å². The van der Waals surface area contributed by atoms with E-state index in [1.807, 2.05) is 37.3 Å². The minimum Gasteiger partial charge on any atom is -0.379 e. The molecule has 1 aliphatic rings. The molecule has 2 atom stereocenters. The van der Waals surface area contributed by atoms with E-state index in [9.17, 15) is 4.79 Å². The molecule has 1 aliphatic heterocycles. The summed E-state index contributed by atoms with van der Waals surface area (Å²) in [6, 6.07) is 9.83. The molecule has 1 aromatic carbocycles. The normalized spacial score (nSPS) is 21.1. The van der Waals surface area contributed by atoms with E-state index in [0.717, 1.165) is 17.7 Å². The molecule has 0 radical (unpaired) electrons. The summed E-state index contributed by atoms with van der Waals surface area (Å²) >= 11 is 0. The topological polar surface area (TPSA) is 76.2 Å². The molecule has 6 nitrogen and oxygen atoms in total. The maximum Gasteiger partial charge on any atom is 0.287 e. The minimum atomic E-state index is -0.234. The van der Waals surface area contributed by atoms with E-state index in [1.54, 1.807) is 6.20 Å². The van der Waals surface area contributed by atoms with Gasteiger partial charge in [0.05, 0.1) is 25.4 Å². The van der Waals surface area contributed by atoms with E-state index in [2.05, 4.69) is 15.3 Å². The van der Waals surface area contributed by atoms with Crippen molar-refractivity contribution in [1.29, 1.82) is 0 Å². The largest absolute Gasteiger partial charge is 0.379 e. The smallest absolute Gasteiger partial charge is 0.287 e. The number of hydrogen-bond donors (Lipinski definition) is 2. The van der Waals surface area contributed by atoms with Crippen molar-refractivity contribution in [2.24, 2.45) is 0 Å². The molecule has 6 heteroatoms. The number of ether oxygens (including phenoxy) is 2. The summed E-state index contributed by atoms with van der Waals surface area (Å²) in [4.78, 5) is 19.2. The molecule has 2 aromatic rings. The van der Waals surface area contributed by atoms with Crippen LogP contribution in [0, 0.1) is 6.92 Å². The lowest BCUT2D eigenvalue weighted by Crippen LogP contribution is -2.50. The Hall–Kier alpha value is -2.18. The van der Waals surface area contributed by atoms with Crippen molar-refractivity contribution >= 4 is 5.91 Å². The van der Waals surface area contributed by atoms with Crippen molar-refractivity contribution in [2.45, 2.75) is 32.1 Å². The quantitative estimate of drug-likeness (QED) is 0.882. The predicted molar refractivity (Wildman–Crippen MR) is 85.0 cm³/mol. The summed E-state index contributed by atoms with van der Waals surface area (Å²) in [5, 5.41) is 2.95. The number of imidazole rings is 1. The third kappa shape index (κ3) is 4.18. The Morgan fingerprint density at radius 3 is 3.00 bits per heavy atom. The van der Waals surface area contributed by atoms with Crippen LogP contribution < -0.4 is 5.32 Å². The molecule has 1 saturated heterocycles. The molecule has 0 saturated carbocycles. The summed E-state index contributed by atoms with van der Waals surface area (Å²) in [7, 11) is 0. The SMILES string of the molecule is Cc1cnc(C(=O)N[C@@H]2COCC[C@@H]2OCc2ccccc2)[nH]1. The molecule has 2 N–H and O–H groups in total. The van der Waals surface area contributed by atoms with Crippen LogP contribution in [0.2, 0.25) is 0 Å². The maximum atomic E-state index is 12.2. The number of nitrogens with zero attached hydrogens (tertiary/aromatic N) is 1. The highest BCUT2D eigenvalue weighted by molar-refractivity contribution is 5.90. The molecule has 1 aromatic heterocycles. The fourth-order valence-corrected chi connectivity index (χ4v) is 2.59. The van der Waals surface area contributed by atoms with Crippen LogP contribution in [0.15, 0.2) is 36.5 Å². The number of nitrogens with one attached hydrogen (secondary N) is 2. The lowest BCUT2D eigenvalue weighted by atomic mass is 10.1. The fourth-order valence-electron chi connectivity index (χ4n) is 2.59. The van der Waals surface area contributed by atoms with Gasteiger partial charge in [0.15, 0.2) is 5.82 Å². The fraction of sp³-hybridized carbons (Fsp3) is 0.412. The molecular formula is C17H21N3O3. The first-order valence-electron chi connectivity index (χ1n) is 7.78. The molecule has 0 aliphatic carbocycles. The molecular weight excluding hydrogens is 294 g/mol. The standard InChI is InChI=1S/C17H21N3O3/c1-12-9-18-16(19-12)17(21)20-14-11-22-8-7-15(14)23-10-13-5-3-2-4-6-13/h2-6,9,14-15H,7-8,10-11H2,1H3,(H,18,19)(H,20,21)/t14-,15+/m1/s1. The van der Waals surface area contributed by atoms with Crippen molar-refractivity contribution in [1.82, 2.24) is 15.3 Å². The predicted octanol–water partition coefficient (Wildman–Crippen LogP) is 1.82. The van der Waals surface area contributed by atoms with Gasteiger partial charge in [-0.25, -0.2) is 4.98 Å². The number of H-pyrrole nitrogens is 1. The van der Waals surface area contributed by atoms with E-state index in [1.165, 1.54) is 0 Å². The van der Waals surface area contributed by atoms with E-state index in [0.29, 0.717) is 25.6 Å². The van der Waals surface area contributed by atoms with E-state index in [-0.39, 0.29) is 18.1 Å². The summed E-state index contributed by atoms with van der Waals surface area (Å²) in [6.07, 6.45) is 2.33. The Labute approximate surface area is 135 Å². The minimum absolute atomic E-state index is 0.0658. The van der Waals surface area contributed by atoms with Crippen LogP contribution in [-0.2, 0) is 16.1 Å². The van der Waals surface area contributed by atoms with Crippen LogP contribution in [0.3, 0.4) is 0 Å². The first-order valence-corrected chi connectivity index (χ1v) is 7.78. The molecule has 3 rings (SSSR count). The van der Waals surface area contributed by atoms with Gasteiger partial charge in [0.1, 0.15) is 0 Å². The molecule has 0 bridgehead atoms.